The molecule has 0 atom stereocenters. The third-order valence-corrected chi connectivity index (χ3v) is 5.98. The standard InChI is InChI=1S/C25H29N3O5/c1-31-24(29)22-17-33-18-28(23(22)25(30)32-2)21-10-8-20(9-11-21)27-14-12-26(13-15-27)16-19-6-4-3-5-7-19/h3-11H,12-18H2,1-2H3. The highest BCUT2D eigenvalue weighted by Gasteiger charge is 2.32. The molecule has 2 aliphatic rings. The van der Waals surface area contributed by atoms with Crippen molar-refractivity contribution in [1.82, 2.24) is 4.90 Å². The van der Waals surface area contributed by atoms with Gasteiger partial charge in [0, 0.05) is 44.1 Å². The first-order chi connectivity index (χ1) is 16.1. The van der Waals surface area contributed by atoms with Gasteiger partial charge in [-0.3, -0.25) is 4.90 Å². The zero-order chi connectivity index (χ0) is 23.2. The summed E-state index contributed by atoms with van der Waals surface area (Å²) in [6.07, 6.45) is 0. The van der Waals surface area contributed by atoms with E-state index in [-0.39, 0.29) is 24.6 Å². The maximum atomic E-state index is 12.5. The largest absolute Gasteiger partial charge is 0.466 e. The maximum Gasteiger partial charge on any atom is 0.355 e. The lowest BCUT2D eigenvalue weighted by atomic mass is 10.1. The summed E-state index contributed by atoms with van der Waals surface area (Å²) in [7, 11) is 2.57. The van der Waals surface area contributed by atoms with Crippen molar-refractivity contribution in [3.05, 3.63) is 71.4 Å². The summed E-state index contributed by atoms with van der Waals surface area (Å²) in [5.41, 5.74) is 3.49. The zero-order valence-electron chi connectivity index (χ0n) is 19.0. The first-order valence-corrected chi connectivity index (χ1v) is 11.0. The van der Waals surface area contributed by atoms with E-state index in [1.54, 1.807) is 4.90 Å². The van der Waals surface area contributed by atoms with Crippen LogP contribution in [0.2, 0.25) is 0 Å². The van der Waals surface area contributed by atoms with Crippen LogP contribution in [0.1, 0.15) is 5.56 Å². The van der Waals surface area contributed by atoms with Crippen LogP contribution in [-0.4, -0.2) is 70.6 Å². The molecule has 0 N–H and O–H groups in total. The molecule has 1 fully saturated rings. The van der Waals surface area contributed by atoms with Gasteiger partial charge in [-0.05, 0) is 29.8 Å². The number of esters is 2. The topological polar surface area (TPSA) is 71.6 Å². The first kappa shape index (κ1) is 22.8. The van der Waals surface area contributed by atoms with Gasteiger partial charge >= 0.3 is 11.9 Å². The van der Waals surface area contributed by atoms with E-state index in [1.165, 1.54) is 19.8 Å². The van der Waals surface area contributed by atoms with E-state index in [0.29, 0.717) is 0 Å². The highest BCUT2D eigenvalue weighted by molar-refractivity contribution is 6.03. The molecule has 2 aliphatic heterocycles. The molecule has 2 heterocycles. The molecule has 0 aromatic heterocycles. The quantitative estimate of drug-likeness (QED) is 0.620. The SMILES string of the molecule is COC(=O)C1=C(C(=O)OC)N(c2ccc(N3CCN(Cc4ccccc4)CC3)cc2)COC1. The van der Waals surface area contributed by atoms with Gasteiger partial charge in [-0.2, -0.15) is 0 Å². The van der Waals surface area contributed by atoms with E-state index in [4.69, 9.17) is 14.2 Å². The maximum absolute atomic E-state index is 12.5. The summed E-state index contributed by atoms with van der Waals surface area (Å²) < 4.78 is 15.3. The predicted molar refractivity (Wildman–Crippen MR) is 125 cm³/mol. The Labute approximate surface area is 193 Å². The van der Waals surface area contributed by atoms with Crippen LogP contribution in [0.3, 0.4) is 0 Å². The molecule has 2 aromatic carbocycles. The second-order valence-corrected chi connectivity index (χ2v) is 7.98. The van der Waals surface area contributed by atoms with Gasteiger partial charge in [0.15, 0.2) is 0 Å². The predicted octanol–water partition coefficient (Wildman–Crippen LogP) is 2.40. The molecule has 0 bridgehead atoms. The summed E-state index contributed by atoms with van der Waals surface area (Å²) in [6.45, 7) is 4.98. The average Bonchev–Trinajstić information content (AvgIpc) is 2.88. The molecular formula is C25H29N3O5. The van der Waals surface area contributed by atoms with Crippen LogP contribution in [-0.2, 0) is 30.3 Å². The fourth-order valence-corrected chi connectivity index (χ4v) is 4.20. The third kappa shape index (κ3) is 5.18. The number of anilines is 2. The van der Waals surface area contributed by atoms with Crippen molar-refractivity contribution in [2.45, 2.75) is 6.54 Å². The Kier molecular flexibility index (Phi) is 7.26. The summed E-state index contributed by atoms with van der Waals surface area (Å²) in [5.74, 6) is -1.21. The Bertz CT molecular complexity index is 998. The molecule has 0 unspecified atom stereocenters. The fraction of sp³-hybridized carbons (Fsp3) is 0.360. The van der Waals surface area contributed by atoms with Gasteiger partial charge < -0.3 is 24.0 Å². The summed E-state index contributed by atoms with van der Waals surface area (Å²) in [5, 5.41) is 0. The van der Waals surface area contributed by atoms with E-state index in [0.717, 1.165) is 44.1 Å². The van der Waals surface area contributed by atoms with Gasteiger partial charge in [0.1, 0.15) is 12.4 Å². The number of hydrogen-bond donors (Lipinski definition) is 0. The molecule has 0 saturated carbocycles. The number of carbonyl (C=O) groups is 2. The van der Waals surface area contributed by atoms with E-state index < -0.39 is 11.9 Å². The zero-order valence-corrected chi connectivity index (χ0v) is 19.0. The number of ether oxygens (including phenoxy) is 3. The van der Waals surface area contributed by atoms with Crippen LogP contribution >= 0.6 is 0 Å². The Morgan fingerprint density at radius 1 is 0.848 bits per heavy atom. The van der Waals surface area contributed by atoms with Crippen LogP contribution < -0.4 is 9.80 Å². The summed E-state index contributed by atoms with van der Waals surface area (Å²) in [6, 6.07) is 18.5. The second kappa shape index (κ2) is 10.5. The fourth-order valence-electron chi connectivity index (χ4n) is 4.20. The monoisotopic (exact) mass is 451 g/mol. The Morgan fingerprint density at radius 3 is 2.12 bits per heavy atom. The second-order valence-electron chi connectivity index (χ2n) is 7.98. The Morgan fingerprint density at radius 2 is 1.48 bits per heavy atom. The molecular weight excluding hydrogens is 422 g/mol. The van der Waals surface area contributed by atoms with Crippen molar-refractivity contribution in [2.75, 3.05) is 63.5 Å². The van der Waals surface area contributed by atoms with E-state index in [1.807, 2.05) is 30.3 Å². The number of methoxy groups -OCH3 is 2. The number of carbonyl (C=O) groups excluding carboxylic acids is 2. The molecule has 4 rings (SSSR count). The number of benzene rings is 2. The lowest BCUT2D eigenvalue weighted by Crippen LogP contribution is -2.46. The van der Waals surface area contributed by atoms with Crippen LogP contribution in [0, 0.1) is 0 Å². The van der Waals surface area contributed by atoms with Crippen LogP contribution in [0.25, 0.3) is 0 Å². The number of rotatable bonds is 6. The van der Waals surface area contributed by atoms with E-state index in [2.05, 4.69) is 34.1 Å². The van der Waals surface area contributed by atoms with Crippen molar-refractivity contribution in [3.63, 3.8) is 0 Å². The molecule has 8 nitrogen and oxygen atoms in total. The number of nitrogens with zero attached hydrogens (tertiary/aromatic N) is 3. The molecule has 0 aliphatic carbocycles. The Balaban J connectivity index is 1.44. The minimum absolute atomic E-state index is 0.00104. The lowest BCUT2D eigenvalue weighted by Gasteiger charge is -2.36. The normalized spacial score (nSPS) is 17.2. The van der Waals surface area contributed by atoms with Crippen molar-refractivity contribution in [2.24, 2.45) is 0 Å². The average molecular weight is 452 g/mol. The van der Waals surface area contributed by atoms with Crippen molar-refractivity contribution in [3.8, 4) is 0 Å². The molecule has 33 heavy (non-hydrogen) atoms. The van der Waals surface area contributed by atoms with Gasteiger partial charge in [-0.25, -0.2) is 9.59 Å². The third-order valence-electron chi connectivity index (χ3n) is 5.98. The van der Waals surface area contributed by atoms with Gasteiger partial charge in [0.05, 0.1) is 26.4 Å². The van der Waals surface area contributed by atoms with Crippen molar-refractivity contribution < 1.29 is 23.8 Å². The smallest absolute Gasteiger partial charge is 0.355 e. The molecule has 0 amide bonds. The van der Waals surface area contributed by atoms with Crippen molar-refractivity contribution in [1.29, 1.82) is 0 Å². The molecule has 0 radical (unpaired) electrons. The molecule has 2 aromatic rings. The molecule has 174 valence electrons. The number of piperazine rings is 1. The first-order valence-electron chi connectivity index (χ1n) is 11.0. The highest BCUT2D eigenvalue weighted by Crippen LogP contribution is 2.29. The van der Waals surface area contributed by atoms with E-state index >= 15 is 0 Å². The van der Waals surface area contributed by atoms with Gasteiger partial charge in [0.2, 0.25) is 0 Å². The van der Waals surface area contributed by atoms with Gasteiger partial charge in [-0.15, -0.1) is 0 Å². The van der Waals surface area contributed by atoms with Crippen LogP contribution in [0.15, 0.2) is 65.9 Å². The summed E-state index contributed by atoms with van der Waals surface area (Å²) in [4.78, 5) is 31.1. The minimum atomic E-state index is -0.606. The minimum Gasteiger partial charge on any atom is -0.466 e. The Hall–Kier alpha value is -3.36. The lowest BCUT2D eigenvalue weighted by molar-refractivity contribution is -0.140. The molecule has 8 heteroatoms. The van der Waals surface area contributed by atoms with Gasteiger partial charge in [-0.1, -0.05) is 30.3 Å². The van der Waals surface area contributed by atoms with Crippen LogP contribution in [0.5, 0.6) is 0 Å². The molecule has 0 spiro atoms. The summed E-state index contributed by atoms with van der Waals surface area (Å²) >= 11 is 0. The van der Waals surface area contributed by atoms with E-state index in [9.17, 15) is 9.59 Å². The van der Waals surface area contributed by atoms with Crippen LogP contribution in [0.4, 0.5) is 11.4 Å². The van der Waals surface area contributed by atoms with Crippen molar-refractivity contribution >= 4 is 23.3 Å². The molecule has 1 saturated heterocycles. The van der Waals surface area contributed by atoms with Gasteiger partial charge in [0.25, 0.3) is 0 Å². The number of hydrogen-bond acceptors (Lipinski definition) is 8. The highest BCUT2D eigenvalue weighted by atomic mass is 16.5.